The first-order valence-corrected chi connectivity index (χ1v) is 6.82. The van der Waals surface area contributed by atoms with Crippen LogP contribution in [0.2, 0.25) is 0 Å². The molecule has 4 heteroatoms. The van der Waals surface area contributed by atoms with Crippen molar-refractivity contribution >= 4 is 5.69 Å². The number of hydrogen-bond acceptors (Lipinski definition) is 3. The Balaban J connectivity index is 1.66. The normalized spacial score (nSPS) is 10.8. The molecule has 0 aliphatic heterocycles. The van der Waals surface area contributed by atoms with Crippen LogP contribution in [-0.2, 0) is 6.54 Å². The van der Waals surface area contributed by atoms with E-state index in [1.807, 2.05) is 6.07 Å². The van der Waals surface area contributed by atoms with E-state index in [0.29, 0.717) is 0 Å². The van der Waals surface area contributed by atoms with Crippen molar-refractivity contribution in [3.05, 3.63) is 60.2 Å². The molecular weight excluding hydrogens is 253 g/mol. The summed E-state index contributed by atoms with van der Waals surface area (Å²) >= 11 is 0. The second-order valence-corrected chi connectivity index (χ2v) is 4.87. The molecule has 0 unspecified atom stereocenters. The van der Waals surface area contributed by atoms with E-state index in [2.05, 4.69) is 46.5 Å². The monoisotopic (exact) mass is 273 g/mol. The van der Waals surface area contributed by atoms with Crippen molar-refractivity contribution in [2.75, 3.05) is 25.5 Å². The molecule has 0 fully saturated rings. The average Bonchev–Trinajstić information content (AvgIpc) is 2.45. The summed E-state index contributed by atoms with van der Waals surface area (Å²) in [5.41, 5.74) is 2.10. The van der Waals surface area contributed by atoms with Gasteiger partial charge in [0.05, 0.1) is 0 Å². The van der Waals surface area contributed by atoms with E-state index in [0.717, 1.165) is 31.7 Å². The lowest BCUT2D eigenvalue weighted by Gasteiger charge is -2.17. The Kier molecular flexibility index (Phi) is 5.50. The van der Waals surface area contributed by atoms with Crippen LogP contribution in [0.3, 0.4) is 0 Å². The molecule has 0 amide bonds. The van der Waals surface area contributed by atoms with Gasteiger partial charge in [-0.3, -0.25) is 0 Å². The predicted octanol–water partition coefficient (Wildman–Crippen LogP) is 3.15. The number of aromatic nitrogens is 1. The minimum atomic E-state index is -0.448. The lowest BCUT2D eigenvalue weighted by Crippen LogP contribution is -2.21. The number of benzene rings is 1. The highest BCUT2D eigenvalue weighted by molar-refractivity contribution is 5.40. The summed E-state index contributed by atoms with van der Waals surface area (Å²) in [6.45, 7) is 2.77. The van der Waals surface area contributed by atoms with Gasteiger partial charge in [-0.25, -0.2) is 4.98 Å². The maximum absolute atomic E-state index is 12.9. The summed E-state index contributed by atoms with van der Waals surface area (Å²) in [7, 11) is 2.11. The fourth-order valence-electron chi connectivity index (χ4n) is 2.07. The summed E-state index contributed by atoms with van der Waals surface area (Å²) in [5.74, 6) is -0.448. The van der Waals surface area contributed by atoms with Gasteiger partial charge in [0, 0.05) is 31.0 Å². The van der Waals surface area contributed by atoms with Crippen LogP contribution in [0.5, 0.6) is 0 Å². The first-order chi connectivity index (χ1) is 9.74. The quantitative estimate of drug-likeness (QED) is 0.620. The van der Waals surface area contributed by atoms with Crippen LogP contribution in [-0.4, -0.2) is 30.0 Å². The standard InChI is InChI=1S/C16H20FN3/c1-20(13-14-6-3-2-4-7-14)11-5-9-18-15-8-10-19-16(17)12-15/h2-4,6-8,10,12H,5,9,11,13H2,1H3,(H,18,19). The number of anilines is 1. The molecule has 1 heterocycles. The zero-order valence-corrected chi connectivity index (χ0v) is 11.7. The molecule has 0 saturated heterocycles. The van der Waals surface area contributed by atoms with Gasteiger partial charge in [0.1, 0.15) is 0 Å². The molecule has 1 N–H and O–H groups in total. The summed E-state index contributed by atoms with van der Waals surface area (Å²) in [4.78, 5) is 5.81. The zero-order valence-electron chi connectivity index (χ0n) is 11.7. The smallest absolute Gasteiger partial charge is 0.214 e. The predicted molar refractivity (Wildman–Crippen MR) is 80.1 cm³/mol. The third kappa shape index (κ3) is 4.97. The topological polar surface area (TPSA) is 28.2 Å². The van der Waals surface area contributed by atoms with Gasteiger partial charge in [-0.2, -0.15) is 4.39 Å². The number of halogens is 1. The van der Waals surface area contributed by atoms with Gasteiger partial charge < -0.3 is 10.2 Å². The zero-order chi connectivity index (χ0) is 14.2. The maximum atomic E-state index is 12.9. The Morgan fingerprint density at radius 2 is 2.00 bits per heavy atom. The number of nitrogens with zero attached hydrogens (tertiary/aromatic N) is 2. The molecule has 1 aromatic carbocycles. The molecule has 0 atom stereocenters. The van der Waals surface area contributed by atoms with Crippen LogP contribution >= 0.6 is 0 Å². The van der Waals surface area contributed by atoms with Crippen LogP contribution < -0.4 is 5.32 Å². The molecule has 0 radical (unpaired) electrons. The van der Waals surface area contributed by atoms with Gasteiger partial charge in [0.25, 0.3) is 0 Å². The summed E-state index contributed by atoms with van der Waals surface area (Å²) in [6.07, 6.45) is 2.48. The van der Waals surface area contributed by atoms with Crippen LogP contribution in [0, 0.1) is 5.95 Å². The first-order valence-electron chi connectivity index (χ1n) is 6.82. The minimum Gasteiger partial charge on any atom is -0.385 e. The van der Waals surface area contributed by atoms with Crippen molar-refractivity contribution in [1.82, 2.24) is 9.88 Å². The van der Waals surface area contributed by atoms with E-state index in [1.165, 1.54) is 17.8 Å². The Morgan fingerprint density at radius 3 is 2.75 bits per heavy atom. The van der Waals surface area contributed by atoms with E-state index in [9.17, 15) is 4.39 Å². The molecule has 0 saturated carbocycles. The maximum Gasteiger partial charge on any atom is 0.214 e. The molecule has 3 nitrogen and oxygen atoms in total. The third-order valence-corrected chi connectivity index (χ3v) is 3.07. The van der Waals surface area contributed by atoms with Crippen molar-refractivity contribution in [3.63, 3.8) is 0 Å². The minimum absolute atomic E-state index is 0.448. The van der Waals surface area contributed by atoms with Gasteiger partial charge in [-0.15, -0.1) is 0 Å². The number of nitrogens with one attached hydrogen (secondary N) is 1. The largest absolute Gasteiger partial charge is 0.385 e. The van der Waals surface area contributed by atoms with Crippen molar-refractivity contribution in [3.8, 4) is 0 Å². The highest BCUT2D eigenvalue weighted by Crippen LogP contribution is 2.07. The van der Waals surface area contributed by atoms with Gasteiger partial charge in [0.2, 0.25) is 5.95 Å². The van der Waals surface area contributed by atoms with Crippen LogP contribution in [0.1, 0.15) is 12.0 Å². The molecule has 20 heavy (non-hydrogen) atoms. The summed E-state index contributed by atoms with van der Waals surface area (Å²) < 4.78 is 12.9. The van der Waals surface area contributed by atoms with E-state index in [-0.39, 0.29) is 0 Å². The Hall–Kier alpha value is -1.94. The molecule has 1 aromatic heterocycles. The Bertz CT molecular complexity index is 516. The molecule has 0 spiro atoms. The van der Waals surface area contributed by atoms with Crippen molar-refractivity contribution in [2.45, 2.75) is 13.0 Å². The van der Waals surface area contributed by atoms with Gasteiger partial charge in [0.15, 0.2) is 0 Å². The average molecular weight is 273 g/mol. The number of rotatable bonds is 7. The second-order valence-electron chi connectivity index (χ2n) is 4.87. The molecule has 2 aromatic rings. The highest BCUT2D eigenvalue weighted by atomic mass is 19.1. The molecule has 2 rings (SSSR count). The molecule has 0 aliphatic rings. The first kappa shape index (κ1) is 14.5. The van der Waals surface area contributed by atoms with Crippen LogP contribution in [0.15, 0.2) is 48.7 Å². The van der Waals surface area contributed by atoms with E-state index in [1.54, 1.807) is 6.07 Å². The lowest BCUT2D eigenvalue weighted by atomic mass is 10.2. The van der Waals surface area contributed by atoms with E-state index < -0.39 is 5.95 Å². The number of hydrogen-bond donors (Lipinski definition) is 1. The van der Waals surface area contributed by atoms with Crippen LogP contribution in [0.25, 0.3) is 0 Å². The Labute approximate surface area is 119 Å². The molecular formula is C16H20FN3. The Morgan fingerprint density at radius 1 is 1.20 bits per heavy atom. The molecule has 106 valence electrons. The lowest BCUT2D eigenvalue weighted by molar-refractivity contribution is 0.325. The SMILES string of the molecule is CN(CCCNc1ccnc(F)c1)Cc1ccccc1. The molecule has 0 aliphatic carbocycles. The van der Waals surface area contributed by atoms with Gasteiger partial charge >= 0.3 is 0 Å². The number of pyridine rings is 1. The van der Waals surface area contributed by atoms with Crippen molar-refractivity contribution < 1.29 is 4.39 Å². The highest BCUT2D eigenvalue weighted by Gasteiger charge is 2.00. The van der Waals surface area contributed by atoms with Crippen LogP contribution in [0.4, 0.5) is 10.1 Å². The van der Waals surface area contributed by atoms with E-state index >= 15 is 0 Å². The van der Waals surface area contributed by atoms with E-state index in [4.69, 9.17) is 0 Å². The van der Waals surface area contributed by atoms with Gasteiger partial charge in [-0.05, 0) is 31.6 Å². The fourth-order valence-corrected chi connectivity index (χ4v) is 2.07. The second kappa shape index (κ2) is 7.60. The van der Waals surface area contributed by atoms with Crippen molar-refractivity contribution in [1.29, 1.82) is 0 Å². The fraction of sp³-hybridized carbons (Fsp3) is 0.312. The summed E-state index contributed by atoms with van der Waals surface area (Å²) in [5, 5.41) is 3.20. The molecule has 0 bridgehead atoms. The van der Waals surface area contributed by atoms with Gasteiger partial charge in [-0.1, -0.05) is 30.3 Å². The summed E-state index contributed by atoms with van der Waals surface area (Å²) in [6, 6.07) is 13.6. The third-order valence-electron chi connectivity index (χ3n) is 3.07. The van der Waals surface area contributed by atoms with Crippen molar-refractivity contribution in [2.24, 2.45) is 0 Å².